The molecular weight excluding hydrogens is 272 g/mol. The number of halogens is 1. The van der Waals surface area contributed by atoms with Gasteiger partial charge in [-0.2, -0.15) is 0 Å². The normalized spacial score (nSPS) is 11.4. The van der Waals surface area contributed by atoms with E-state index < -0.39 is 6.10 Å². The van der Waals surface area contributed by atoms with Gasteiger partial charge in [0.1, 0.15) is 5.78 Å². The summed E-state index contributed by atoms with van der Waals surface area (Å²) in [4.78, 5) is 11.8. The summed E-state index contributed by atoms with van der Waals surface area (Å²) < 4.78 is 0. The second-order valence-electron chi connectivity index (χ2n) is 4.65. The van der Waals surface area contributed by atoms with E-state index in [0.29, 0.717) is 6.42 Å². The number of Topliss-reactive ketones (excluding diaryl/α,β-unsaturated/α-hetero) is 1. The number of carbonyl (C=O) groups excluding carboxylic acids is 1. The Balaban J connectivity index is 0.00000200. The SMILES string of the molecule is Cl.O=C(CCc1ccccc1)CC(O)c1ccccc1. The number of aryl methyl sites for hydroxylation is 1. The lowest BCUT2D eigenvalue weighted by molar-refractivity contribution is -0.121. The maximum atomic E-state index is 11.8. The molecule has 0 spiro atoms. The summed E-state index contributed by atoms with van der Waals surface area (Å²) in [5, 5.41) is 9.97. The minimum Gasteiger partial charge on any atom is -0.388 e. The van der Waals surface area contributed by atoms with Gasteiger partial charge in [-0.15, -0.1) is 12.4 Å². The van der Waals surface area contributed by atoms with E-state index >= 15 is 0 Å². The predicted octanol–water partition coefficient (Wildman–Crippen LogP) is 3.73. The van der Waals surface area contributed by atoms with Crippen molar-refractivity contribution >= 4 is 18.2 Å². The molecule has 1 N–H and O–H groups in total. The standard InChI is InChI=1S/C17H18O2.ClH/c18-16(12-11-14-7-3-1-4-8-14)13-17(19)15-9-5-2-6-10-15;/h1-10,17,19H,11-13H2;1H. The Labute approximate surface area is 125 Å². The van der Waals surface area contributed by atoms with Crippen LogP contribution < -0.4 is 0 Å². The number of hydrogen-bond acceptors (Lipinski definition) is 2. The molecule has 0 saturated heterocycles. The quantitative estimate of drug-likeness (QED) is 0.880. The molecule has 0 saturated carbocycles. The maximum absolute atomic E-state index is 11.8. The van der Waals surface area contributed by atoms with E-state index in [1.165, 1.54) is 0 Å². The molecule has 0 aliphatic carbocycles. The maximum Gasteiger partial charge on any atom is 0.136 e. The van der Waals surface area contributed by atoms with E-state index in [9.17, 15) is 9.90 Å². The molecule has 0 heterocycles. The summed E-state index contributed by atoms with van der Waals surface area (Å²) in [6.45, 7) is 0. The minimum atomic E-state index is -0.690. The van der Waals surface area contributed by atoms with Crippen molar-refractivity contribution in [1.29, 1.82) is 0 Å². The van der Waals surface area contributed by atoms with Gasteiger partial charge in [-0.05, 0) is 17.5 Å². The van der Waals surface area contributed by atoms with Crippen LogP contribution in [0.5, 0.6) is 0 Å². The van der Waals surface area contributed by atoms with Gasteiger partial charge in [-0.1, -0.05) is 60.7 Å². The third-order valence-electron chi connectivity index (χ3n) is 3.14. The molecule has 2 aromatic rings. The van der Waals surface area contributed by atoms with E-state index in [2.05, 4.69) is 0 Å². The highest BCUT2D eigenvalue weighted by Gasteiger charge is 2.12. The van der Waals surface area contributed by atoms with Crippen LogP contribution in [0.25, 0.3) is 0 Å². The van der Waals surface area contributed by atoms with Crippen molar-refractivity contribution in [2.24, 2.45) is 0 Å². The molecule has 0 aliphatic rings. The van der Waals surface area contributed by atoms with Crippen LogP contribution in [0, 0.1) is 0 Å². The molecule has 0 aromatic heterocycles. The van der Waals surface area contributed by atoms with Crippen LogP contribution in [-0.4, -0.2) is 10.9 Å². The Bertz CT molecular complexity index is 511. The van der Waals surface area contributed by atoms with Crippen LogP contribution in [0.1, 0.15) is 30.1 Å². The molecule has 0 fully saturated rings. The van der Waals surface area contributed by atoms with Crippen molar-refractivity contribution < 1.29 is 9.90 Å². The van der Waals surface area contributed by atoms with Gasteiger partial charge in [0.05, 0.1) is 6.10 Å². The van der Waals surface area contributed by atoms with Gasteiger partial charge < -0.3 is 5.11 Å². The first kappa shape index (κ1) is 16.4. The topological polar surface area (TPSA) is 37.3 Å². The number of benzene rings is 2. The van der Waals surface area contributed by atoms with E-state index in [1.54, 1.807) is 0 Å². The van der Waals surface area contributed by atoms with Gasteiger partial charge in [0.2, 0.25) is 0 Å². The highest BCUT2D eigenvalue weighted by Crippen LogP contribution is 2.17. The van der Waals surface area contributed by atoms with E-state index in [0.717, 1.165) is 17.5 Å². The zero-order valence-corrected chi connectivity index (χ0v) is 12.1. The number of ketones is 1. The second-order valence-corrected chi connectivity index (χ2v) is 4.65. The number of hydrogen-bond donors (Lipinski definition) is 1. The summed E-state index contributed by atoms with van der Waals surface area (Å²) >= 11 is 0. The lowest BCUT2D eigenvalue weighted by Gasteiger charge is -2.09. The highest BCUT2D eigenvalue weighted by molar-refractivity contribution is 5.85. The second kappa shape index (κ2) is 8.51. The fourth-order valence-corrected chi connectivity index (χ4v) is 2.04. The Hall–Kier alpha value is -1.64. The smallest absolute Gasteiger partial charge is 0.136 e. The molecule has 2 aromatic carbocycles. The Morgan fingerprint density at radius 1 is 0.950 bits per heavy atom. The molecule has 1 unspecified atom stereocenters. The van der Waals surface area contributed by atoms with Gasteiger partial charge in [-0.3, -0.25) is 4.79 Å². The molecule has 0 bridgehead atoms. The van der Waals surface area contributed by atoms with Crippen molar-refractivity contribution in [3.63, 3.8) is 0 Å². The van der Waals surface area contributed by atoms with Gasteiger partial charge in [0, 0.05) is 12.8 Å². The highest BCUT2D eigenvalue weighted by atomic mass is 35.5. The number of rotatable bonds is 6. The van der Waals surface area contributed by atoms with Crippen LogP contribution in [0.4, 0.5) is 0 Å². The summed E-state index contributed by atoms with van der Waals surface area (Å²) in [5.74, 6) is 0.0974. The van der Waals surface area contributed by atoms with Crippen LogP contribution in [0.15, 0.2) is 60.7 Å². The summed E-state index contributed by atoms with van der Waals surface area (Å²) in [6, 6.07) is 19.3. The van der Waals surface area contributed by atoms with Crippen molar-refractivity contribution in [3.8, 4) is 0 Å². The molecular formula is C17H19ClO2. The molecule has 3 heteroatoms. The third-order valence-corrected chi connectivity index (χ3v) is 3.14. The fraction of sp³-hybridized carbons (Fsp3) is 0.235. The Morgan fingerprint density at radius 2 is 1.50 bits per heavy atom. The average Bonchev–Trinajstić information content (AvgIpc) is 2.47. The molecule has 1 atom stereocenters. The zero-order chi connectivity index (χ0) is 13.5. The first-order chi connectivity index (χ1) is 9.25. The van der Waals surface area contributed by atoms with Crippen molar-refractivity contribution in [1.82, 2.24) is 0 Å². The van der Waals surface area contributed by atoms with E-state index in [4.69, 9.17) is 0 Å². The van der Waals surface area contributed by atoms with Gasteiger partial charge >= 0.3 is 0 Å². The molecule has 2 rings (SSSR count). The van der Waals surface area contributed by atoms with Crippen molar-refractivity contribution in [2.75, 3.05) is 0 Å². The Morgan fingerprint density at radius 3 is 2.10 bits per heavy atom. The van der Waals surface area contributed by atoms with Gasteiger partial charge in [-0.25, -0.2) is 0 Å². The largest absolute Gasteiger partial charge is 0.388 e. The molecule has 0 amide bonds. The third kappa shape index (κ3) is 5.16. The lowest BCUT2D eigenvalue weighted by Crippen LogP contribution is -2.07. The molecule has 0 aliphatic heterocycles. The zero-order valence-electron chi connectivity index (χ0n) is 11.2. The van der Waals surface area contributed by atoms with E-state index in [1.807, 2.05) is 60.7 Å². The first-order valence-electron chi connectivity index (χ1n) is 6.54. The molecule has 2 nitrogen and oxygen atoms in total. The van der Waals surface area contributed by atoms with Crippen molar-refractivity contribution in [3.05, 3.63) is 71.8 Å². The predicted molar refractivity (Wildman–Crippen MR) is 83.0 cm³/mol. The fourth-order valence-electron chi connectivity index (χ4n) is 2.04. The Kier molecular flexibility index (Phi) is 6.99. The molecule has 0 radical (unpaired) electrons. The van der Waals surface area contributed by atoms with E-state index in [-0.39, 0.29) is 24.6 Å². The average molecular weight is 291 g/mol. The number of aliphatic hydroxyl groups excluding tert-OH is 1. The monoisotopic (exact) mass is 290 g/mol. The molecule has 106 valence electrons. The number of carbonyl (C=O) groups is 1. The summed E-state index contributed by atoms with van der Waals surface area (Å²) in [7, 11) is 0. The van der Waals surface area contributed by atoms with Crippen LogP contribution in [0.2, 0.25) is 0 Å². The summed E-state index contributed by atoms with van der Waals surface area (Å²) in [5.41, 5.74) is 1.96. The lowest BCUT2D eigenvalue weighted by atomic mass is 10.0. The van der Waals surface area contributed by atoms with Crippen LogP contribution in [0.3, 0.4) is 0 Å². The van der Waals surface area contributed by atoms with Gasteiger partial charge in [0.25, 0.3) is 0 Å². The van der Waals surface area contributed by atoms with Gasteiger partial charge in [0.15, 0.2) is 0 Å². The van der Waals surface area contributed by atoms with Crippen molar-refractivity contribution in [2.45, 2.75) is 25.4 Å². The molecule has 20 heavy (non-hydrogen) atoms. The van der Waals surface area contributed by atoms with Crippen LogP contribution >= 0.6 is 12.4 Å². The first-order valence-corrected chi connectivity index (χ1v) is 6.54. The minimum absolute atomic E-state index is 0. The van der Waals surface area contributed by atoms with Crippen LogP contribution in [-0.2, 0) is 11.2 Å². The summed E-state index contributed by atoms with van der Waals surface area (Å²) in [6.07, 6.45) is 0.718. The number of aliphatic hydroxyl groups is 1.